The van der Waals surface area contributed by atoms with Crippen LogP contribution < -0.4 is 0 Å². The van der Waals surface area contributed by atoms with Gasteiger partial charge in [-0.3, -0.25) is 9.59 Å². The van der Waals surface area contributed by atoms with E-state index in [4.69, 9.17) is 0 Å². The summed E-state index contributed by atoms with van der Waals surface area (Å²) in [6.07, 6.45) is 1.37. The summed E-state index contributed by atoms with van der Waals surface area (Å²) < 4.78 is 0. The van der Waals surface area contributed by atoms with Crippen molar-refractivity contribution in [2.45, 2.75) is 39.5 Å². The van der Waals surface area contributed by atoms with Crippen LogP contribution in [0.25, 0.3) is 10.8 Å². The second-order valence-corrected chi connectivity index (χ2v) is 11.8. The van der Waals surface area contributed by atoms with Crippen molar-refractivity contribution in [1.82, 2.24) is 4.90 Å². The summed E-state index contributed by atoms with van der Waals surface area (Å²) in [6.45, 7) is 7.27. The highest BCUT2D eigenvalue weighted by atomic mass is 32.2. The van der Waals surface area contributed by atoms with Crippen LogP contribution in [0.2, 0.25) is 0 Å². The first kappa shape index (κ1) is 22.4. The zero-order valence-electron chi connectivity index (χ0n) is 20.4. The molecule has 0 saturated carbocycles. The number of carbonyl (C=O) groups excluding carboxylic acids is 2. The largest absolute Gasteiger partial charge is 0.338 e. The van der Waals surface area contributed by atoms with Crippen molar-refractivity contribution < 1.29 is 9.59 Å². The Morgan fingerprint density at radius 2 is 1.71 bits per heavy atom. The fourth-order valence-electron chi connectivity index (χ4n) is 5.92. The van der Waals surface area contributed by atoms with Crippen molar-refractivity contribution in [1.29, 1.82) is 0 Å². The molecule has 0 N–H and O–H groups in total. The predicted octanol–water partition coefficient (Wildman–Crippen LogP) is 7.03. The molecule has 2 heterocycles. The minimum atomic E-state index is -0.336. The third-order valence-electron chi connectivity index (χ3n) is 7.52. The highest BCUT2D eigenvalue weighted by Gasteiger charge is 2.47. The van der Waals surface area contributed by atoms with Gasteiger partial charge < -0.3 is 4.90 Å². The van der Waals surface area contributed by atoms with Gasteiger partial charge in [0.25, 0.3) is 0 Å². The van der Waals surface area contributed by atoms with Gasteiger partial charge in [0.05, 0.1) is 5.03 Å². The molecule has 1 fully saturated rings. The van der Waals surface area contributed by atoms with Gasteiger partial charge in [-0.15, -0.1) is 11.8 Å². The lowest BCUT2D eigenvalue weighted by molar-refractivity contribution is -0.118. The molecule has 35 heavy (non-hydrogen) atoms. The van der Waals surface area contributed by atoms with Crippen molar-refractivity contribution in [3.63, 3.8) is 0 Å². The number of fused-ring (bicyclic) bond motifs is 3. The fraction of sp³-hybridized carbons (Fsp3) is 0.290. The number of allylic oxidation sites excluding steroid dienone is 3. The van der Waals surface area contributed by atoms with E-state index in [0.29, 0.717) is 12.0 Å². The lowest BCUT2D eigenvalue weighted by Gasteiger charge is -2.43. The molecule has 3 aliphatic rings. The van der Waals surface area contributed by atoms with Gasteiger partial charge in [0.2, 0.25) is 0 Å². The van der Waals surface area contributed by atoms with E-state index in [2.05, 4.69) is 49.9 Å². The third-order valence-corrected chi connectivity index (χ3v) is 8.62. The molecule has 0 radical (unpaired) electrons. The zero-order valence-corrected chi connectivity index (χ0v) is 21.2. The summed E-state index contributed by atoms with van der Waals surface area (Å²) in [5.41, 5.74) is 5.56. The summed E-state index contributed by atoms with van der Waals surface area (Å²) in [7, 11) is 0. The van der Waals surface area contributed by atoms with E-state index in [-0.39, 0.29) is 22.9 Å². The Kier molecular flexibility index (Phi) is 5.26. The van der Waals surface area contributed by atoms with Crippen LogP contribution in [-0.4, -0.2) is 28.8 Å². The van der Waals surface area contributed by atoms with Crippen LogP contribution in [0.3, 0.4) is 0 Å². The van der Waals surface area contributed by atoms with Gasteiger partial charge in [-0.25, -0.2) is 0 Å². The zero-order chi connectivity index (χ0) is 24.3. The lowest BCUT2D eigenvalue weighted by atomic mass is 9.68. The molecule has 176 valence electrons. The van der Waals surface area contributed by atoms with Crippen molar-refractivity contribution in [3.8, 4) is 0 Å². The van der Waals surface area contributed by atoms with E-state index < -0.39 is 0 Å². The smallest absolute Gasteiger partial charge is 0.193 e. The average Bonchev–Trinajstić information content (AvgIpc) is 3.32. The van der Waals surface area contributed by atoms with E-state index in [1.807, 2.05) is 42.5 Å². The molecule has 3 aromatic rings. The van der Waals surface area contributed by atoms with E-state index in [9.17, 15) is 9.59 Å². The maximum absolute atomic E-state index is 14.5. The van der Waals surface area contributed by atoms with Crippen LogP contribution in [0.5, 0.6) is 0 Å². The predicted molar refractivity (Wildman–Crippen MR) is 143 cm³/mol. The van der Waals surface area contributed by atoms with Crippen LogP contribution in [-0.2, 0) is 4.79 Å². The van der Waals surface area contributed by atoms with Crippen molar-refractivity contribution in [2.75, 3.05) is 12.3 Å². The molecule has 0 spiro atoms. The molecule has 4 heteroatoms. The second-order valence-electron chi connectivity index (χ2n) is 10.7. The number of hydrogen-bond donors (Lipinski definition) is 0. The van der Waals surface area contributed by atoms with Gasteiger partial charge in [-0.05, 0) is 35.1 Å². The fourth-order valence-corrected chi connectivity index (χ4v) is 7.11. The normalized spacial score (nSPS) is 21.4. The third kappa shape index (κ3) is 3.66. The highest BCUT2D eigenvalue weighted by molar-refractivity contribution is 8.03. The lowest BCUT2D eigenvalue weighted by Crippen LogP contribution is -2.39. The summed E-state index contributed by atoms with van der Waals surface area (Å²) in [4.78, 5) is 30.6. The quantitative estimate of drug-likeness (QED) is 0.378. The molecule has 1 atom stereocenters. The van der Waals surface area contributed by atoms with Gasteiger partial charge >= 0.3 is 0 Å². The molecule has 0 bridgehead atoms. The Balaban J connectivity index is 1.60. The number of nitrogens with zero attached hydrogens (tertiary/aromatic N) is 1. The summed E-state index contributed by atoms with van der Waals surface area (Å²) in [6, 6.07) is 22.4. The van der Waals surface area contributed by atoms with E-state index in [1.54, 1.807) is 11.8 Å². The SMILES string of the molecule is Cc1ccc([C@@H]2C3=C(CC(C)(C)CC3=O)N3CCSC3=C2C(=O)c2cccc3ccccc23)cc1. The molecule has 0 aromatic heterocycles. The average molecular weight is 480 g/mol. The molecule has 1 saturated heterocycles. The number of Topliss-reactive ketones (excluding diaryl/α,β-unsaturated/α-hetero) is 2. The van der Waals surface area contributed by atoms with Crippen molar-refractivity contribution in [3.05, 3.63) is 105 Å². The van der Waals surface area contributed by atoms with Crippen LogP contribution in [0.4, 0.5) is 0 Å². The van der Waals surface area contributed by atoms with Crippen molar-refractivity contribution >= 4 is 34.1 Å². The van der Waals surface area contributed by atoms with Crippen LogP contribution in [0.1, 0.15) is 54.1 Å². The van der Waals surface area contributed by atoms with E-state index in [1.165, 1.54) is 5.56 Å². The van der Waals surface area contributed by atoms with Gasteiger partial charge in [-0.2, -0.15) is 0 Å². The second kappa shape index (κ2) is 8.23. The first-order valence-electron chi connectivity index (χ1n) is 12.3. The number of hydrogen-bond acceptors (Lipinski definition) is 4. The molecule has 6 rings (SSSR count). The molecule has 2 aliphatic heterocycles. The van der Waals surface area contributed by atoms with E-state index in [0.717, 1.165) is 56.9 Å². The first-order valence-corrected chi connectivity index (χ1v) is 13.3. The Morgan fingerprint density at radius 3 is 2.51 bits per heavy atom. The number of rotatable bonds is 3. The maximum Gasteiger partial charge on any atom is 0.193 e. The summed E-state index contributed by atoms with van der Waals surface area (Å²) >= 11 is 1.76. The minimum Gasteiger partial charge on any atom is -0.338 e. The molecule has 1 aliphatic carbocycles. The molecular formula is C31H29NO2S. The molecular weight excluding hydrogens is 450 g/mol. The highest BCUT2D eigenvalue weighted by Crippen LogP contribution is 2.54. The van der Waals surface area contributed by atoms with Gasteiger partial charge in [0, 0.05) is 47.0 Å². The summed E-state index contributed by atoms with van der Waals surface area (Å²) in [5.74, 6) is 0.803. The maximum atomic E-state index is 14.5. The molecule has 3 aromatic carbocycles. The Labute approximate surface area is 210 Å². The molecule has 0 unspecified atom stereocenters. The van der Waals surface area contributed by atoms with Crippen LogP contribution in [0.15, 0.2) is 88.6 Å². The Bertz CT molecular complexity index is 1440. The number of carbonyl (C=O) groups is 2. The summed E-state index contributed by atoms with van der Waals surface area (Å²) in [5, 5.41) is 3.05. The molecule has 0 amide bonds. The van der Waals surface area contributed by atoms with Crippen molar-refractivity contribution in [2.24, 2.45) is 5.41 Å². The minimum absolute atomic E-state index is 0.0333. The molecule has 3 nitrogen and oxygen atoms in total. The standard InChI is InChI=1S/C31H29NO2S/c1-19-11-13-21(14-12-19)26-27-24(17-31(2,3)18-25(27)33)32-15-16-35-30(32)28(26)29(34)23-10-6-8-20-7-4-5-9-22(20)23/h4-14,26H,15-18H2,1-3H3/t26-/m1/s1. The number of benzene rings is 3. The monoisotopic (exact) mass is 479 g/mol. The Hall–Kier alpha value is -3.11. The first-order chi connectivity index (χ1) is 16.8. The van der Waals surface area contributed by atoms with Crippen LogP contribution in [0, 0.1) is 12.3 Å². The van der Waals surface area contributed by atoms with Gasteiger partial charge in [-0.1, -0.05) is 86.1 Å². The number of thioether (sulfide) groups is 1. The number of aryl methyl sites for hydroxylation is 1. The van der Waals surface area contributed by atoms with Gasteiger partial charge in [0.15, 0.2) is 11.6 Å². The topological polar surface area (TPSA) is 37.4 Å². The van der Waals surface area contributed by atoms with E-state index >= 15 is 0 Å². The Morgan fingerprint density at radius 1 is 0.971 bits per heavy atom. The number of ketones is 2. The van der Waals surface area contributed by atoms with Gasteiger partial charge in [0.1, 0.15) is 0 Å². The van der Waals surface area contributed by atoms with Crippen LogP contribution >= 0.6 is 11.8 Å².